The van der Waals surface area contributed by atoms with Crippen LogP contribution in [0.1, 0.15) is 57.8 Å². The fraction of sp³-hybridized carbons (Fsp3) is 0.565. The first-order valence-electron chi connectivity index (χ1n) is 11.1. The monoisotopic (exact) mass is 443 g/mol. The van der Waals surface area contributed by atoms with E-state index in [1.807, 2.05) is 52.0 Å². The van der Waals surface area contributed by atoms with Crippen LogP contribution in [0.4, 0.5) is 16.4 Å². The summed E-state index contributed by atoms with van der Waals surface area (Å²) in [5.41, 5.74) is 1.05. The van der Waals surface area contributed by atoms with Crippen LogP contribution in [0, 0.1) is 12.8 Å². The molecule has 0 spiro atoms. The molecule has 1 unspecified atom stereocenters. The molecule has 9 nitrogen and oxygen atoms in total. The third-order valence-electron chi connectivity index (χ3n) is 5.25. The normalized spacial score (nSPS) is 15.8. The maximum atomic E-state index is 12.9. The number of anilines is 2. The Morgan fingerprint density at radius 3 is 2.56 bits per heavy atom. The molecule has 1 saturated heterocycles. The summed E-state index contributed by atoms with van der Waals surface area (Å²) in [6.45, 7) is 10.6. The number of hydrogen-bond donors (Lipinski definition) is 2. The third kappa shape index (κ3) is 6.21. The summed E-state index contributed by atoms with van der Waals surface area (Å²) in [6, 6.07) is 7.43. The van der Waals surface area contributed by atoms with Crippen molar-refractivity contribution in [1.29, 1.82) is 0 Å². The van der Waals surface area contributed by atoms with Gasteiger partial charge in [-0.1, -0.05) is 6.07 Å². The van der Waals surface area contributed by atoms with Gasteiger partial charge in [0.1, 0.15) is 17.3 Å². The quantitative estimate of drug-likeness (QED) is 0.645. The lowest BCUT2D eigenvalue weighted by Gasteiger charge is -2.35. The first-order chi connectivity index (χ1) is 15.2. The van der Waals surface area contributed by atoms with E-state index < -0.39 is 11.5 Å². The van der Waals surface area contributed by atoms with Crippen molar-refractivity contribution >= 4 is 23.7 Å². The average molecular weight is 444 g/mol. The van der Waals surface area contributed by atoms with E-state index in [-0.39, 0.29) is 18.0 Å². The number of nitrogens with zero attached hydrogens (tertiary/aromatic N) is 3. The number of aromatic amines is 1. The third-order valence-corrected chi connectivity index (χ3v) is 5.25. The van der Waals surface area contributed by atoms with Gasteiger partial charge in [-0.05, 0) is 65.5 Å². The second kappa shape index (κ2) is 10.0. The smallest absolute Gasteiger partial charge is 0.410 e. The maximum Gasteiger partial charge on any atom is 0.410 e. The molecule has 174 valence electrons. The van der Waals surface area contributed by atoms with Crippen molar-refractivity contribution < 1.29 is 19.1 Å². The highest BCUT2D eigenvalue weighted by atomic mass is 16.6. The van der Waals surface area contributed by atoms with Crippen molar-refractivity contribution in [2.45, 2.75) is 59.0 Å². The zero-order valence-corrected chi connectivity index (χ0v) is 19.5. The summed E-state index contributed by atoms with van der Waals surface area (Å²) in [5.74, 6) is 0.491. The standard InChI is InChI=1S/C23H33N5O4/c1-6-31-21(29)20(16-10-12-28(13-11-16)22(30)32-23(3,4)5)17-8-7-9-18(24-17)25-19-14-15(2)26-27-19/h7-9,14,16,20H,6,10-13H2,1-5H3,(H2,24,25,26,27). The van der Waals surface area contributed by atoms with Gasteiger partial charge in [0.05, 0.1) is 12.3 Å². The fourth-order valence-electron chi connectivity index (χ4n) is 3.84. The number of carbonyl (C=O) groups is 2. The number of rotatable bonds is 6. The van der Waals surface area contributed by atoms with Crippen LogP contribution in [0.3, 0.4) is 0 Å². The number of esters is 1. The first kappa shape index (κ1) is 23.6. The summed E-state index contributed by atoms with van der Waals surface area (Å²) in [6.07, 6.45) is 1.02. The van der Waals surface area contributed by atoms with Crippen LogP contribution in [0.25, 0.3) is 0 Å². The lowest BCUT2D eigenvalue weighted by atomic mass is 9.82. The molecule has 1 amide bonds. The Kier molecular flexibility index (Phi) is 7.37. The number of ether oxygens (including phenoxy) is 2. The Morgan fingerprint density at radius 2 is 1.97 bits per heavy atom. The predicted octanol–water partition coefficient (Wildman–Crippen LogP) is 4.15. The van der Waals surface area contributed by atoms with Crippen LogP contribution < -0.4 is 5.32 Å². The van der Waals surface area contributed by atoms with E-state index in [1.54, 1.807) is 11.8 Å². The van der Waals surface area contributed by atoms with Gasteiger partial charge in [0.2, 0.25) is 0 Å². The molecule has 1 aliphatic heterocycles. The second-order valence-electron chi connectivity index (χ2n) is 9.04. The highest BCUT2D eigenvalue weighted by Crippen LogP contribution is 2.34. The van der Waals surface area contributed by atoms with Gasteiger partial charge in [-0.2, -0.15) is 5.10 Å². The molecule has 1 atom stereocenters. The molecule has 1 aliphatic rings. The number of likely N-dealkylation sites (tertiary alicyclic amines) is 1. The topological polar surface area (TPSA) is 109 Å². The number of amides is 1. The van der Waals surface area contributed by atoms with Gasteiger partial charge < -0.3 is 19.7 Å². The van der Waals surface area contributed by atoms with Gasteiger partial charge in [-0.15, -0.1) is 0 Å². The van der Waals surface area contributed by atoms with Gasteiger partial charge in [-0.3, -0.25) is 9.89 Å². The van der Waals surface area contributed by atoms with E-state index in [9.17, 15) is 9.59 Å². The SMILES string of the molecule is CCOC(=O)C(c1cccc(Nc2cc(C)[nH]n2)n1)C1CCN(C(=O)OC(C)(C)C)CC1. The number of carbonyl (C=O) groups excluding carboxylic acids is 2. The summed E-state index contributed by atoms with van der Waals surface area (Å²) < 4.78 is 10.9. The van der Waals surface area contributed by atoms with Crippen molar-refractivity contribution in [2.75, 3.05) is 25.0 Å². The lowest BCUT2D eigenvalue weighted by molar-refractivity contribution is -0.147. The summed E-state index contributed by atoms with van der Waals surface area (Å²) >= 11 is 0. The number of nitrogens with one attached hydrogen (secondary N) is 2. The maximum absolute atomic E-state index is 12.9. The van der Waals surface area contributed by atoms with E-state index in [4.69, 9.17) is 9.47 Å². The van der Waals surface area contributed by atoms with Gasteiger partial charge in [-0.25, -0.2) is 9.78 Å². The Labute approximate surface area is 188 Å². The van der Waals surface area contributed by atoms with Crippen molar-refractivity contribution in [3.63, 3.8) is 0 Å². The molecule has 0 radical (unpaired) electrons. The molecule has 2 N–H and O–H groups in total. The van der Waals surface area contributed by atoms with E-state index in [2.05, 4.69) is 20.5 Å². The molecular formula is C23H33N5O4. The summed E-state index contributed by atoms with van der Waals surface area (Å²) in [5, 5.41) is 10.2. The highest BCUT2D eigenvalue weighted by Gasteiger charge is 2.36. The molecule has 0 saturated carbocycles. The molecule has 32 heavy (non-hydrogen) atoms. The average Bonchev–Trinajstić information content (AvgIpc) is 3.12. The van der Waals surface area contributed by atoms with E-state index in [0.717, 1.165) is 5.69 Å². The number of aryl methyl sites for hydroxylation is 1. The lowest BCUT2D eigenvalue weighted by Crippen LogP contribution is -2.43. The molecule has 3 heterocycles. The highest BCUT2D eigenvalue weighted by molar-refractivity contribution is 5.78. The molecule has 3 rings (SSSR count). The molecule has 2 aromatic heterocycles. The van der Waals surface area contributed by atoms with Gasteiger partial charge in [0, 0.05) is 24.8 Å². The van der Waals surface area contributed by atoms with Crippen LogP contribution in [-0.4, -0.2) is 57.4 Å². The number of hydrogen-bond acceptors (Lipinski definition) is 7. The van der Waals surface area contributed by atoms with Crippen molar-refractivity contribution in [2.24, 2.45) is 5.92 Å². The Morgan fingerprint density at radius 1 is 1.25 bits per heavy atom. The number of aromatic nitrogens is 3. The zero-order chi connectivity index (χ0) is 23.3. The van der Waals surface area contributed by atoms with Crippen LogP contribution in [-0.2, 0) is 14.3 Å². The predicted molar refractivity (Wildman–Crippen MR) is 121 cm³/mol. The molecule has 0 aliphatic carbocycles. The molecule has 0 aromatic carbocycles. The Bertz CT molecular complexity index is 928. The second-order valence-corrected chi connectivity index (χ2v) is 9.04. The van der Waals surface area contributed by atoms with Crippen LogP contribution in [0.5, 0.6) is 0 Å². The van der Waals surface area contributed by atoms with Crippen molar-refractivity contribution in [3.8, 4) is 0 Å². The van der Waals surface area contributed by atoms with Crippen molar-refractivity contribution in [3.05, 3.63) is 35.7 Å². The van der Waals surface area contributed by atoms with Gasteiger partial charge >= 0.3 is 12.1 Å². The molecule has 1 fully saturated rings. The molecule has 9 heteroatoms. The summed E-state index contributed by atoms with van der Waals surface area (Å²) in [4.78, 5) is 31.7. The molecule has 0 bridgehead atoms. The molecule has 2 aromatic rings. The molecular weight excluding hydrogens is 410 g/mol. The fourth-order valence-corrected chi connectivity index (χ4v) is 3.84. The minimum Gasteiger partial charge on any atom is -0.465 e. The number of H-pyrrole nitrogens is 1. The van der Waals surface area contributed by atoms with E-state index in [1.165, 1.54) is 0 Å². The van der Waals surface area contributed by atoms with Crippen LogP contribution in [0.2, 0.25) is 0 Å². The van der Waals surface area contributed by atoms with Crippen LogP contribution in [0.15, 0.2) is 24.3 Å². The van der Waals surface area contributed by atoms with Crippen molar-refractivity contribution in [1.82, 2.24) is 20.1 Å². The summed E-state index contributed by atoms with van der Waals surface area (Å²) in [7, 11) is 0. The number of pyridine rings is 1. The Balaban J connectivity index is 1.74. The van der Waals surface area contributed by atoms with E-state index in [0.29, 0.717) is 49.9 Å². The zero-order valence-electron chi connectivity index (χ0n) is 19.5. The van der Waals surface area contributed by atoms with Gasteiger partial charge in [0.15, 0.2) is 5.82 Å². The van der Waals surface area contributed by atoms with E-state index >= 15 is 0 Å². The number of piperidine rings is 1. The Hall–Kier alpha value is -3.10. The largest absolute Gasteiger partial charge is 0.465 e. The van der Waals surface area contributed by atoms with Crippen LogP contribution >= 0.6 is 0 Å². The first-order valence-corrected chi connectivity index (χ1v) is 11.1. The van der Waals surface area contributed by atoms with Gasteiger partial charge in [0.25, 0.3) is 0 Å². The minimum absolute atomic E-state index is 0.0168. The minimum atomic E-state index is -0.536.